The van der Waals surface area contributed by atoms with Crippen molar-refractivity contribution in [1.82, 2.24) is 0 Å². The fraction of sp³-hybridized carbons (Fsp3) is 0.158. The molecule has 0 unspecified atom stereocenters. The minimum absolute atomic E-state index is 0.00786. The molecule has 23 heavy (non-hydrogen) atoms. The van der Waals surface area contributed by atoms with E-state index in [0.29, 0.717) is 16.9 Å². The number of hydrogen-bond donors (Lipinski definition) is 3. The van der Waals surface area contributed by atoms with Gasteiger partial charge in [-0.05, 0) is 55.8 Å². The quantitative estimate of drug-likeness (QED) is 0.729. The van der Waals surface area contributed by atoms with Gasteiger partial charge < -0.3 is 20.1 Å². The van der Waals surface area contributed by atoms with Gasteiger partial charge in [0.2, 0.25) is 0 Å². The number of fused-ring (bicyclic) bond motifs is 1. The van der Waals surface area contributed by atoms with Crippen molar-refractivity contribution in [3.8, 4) is 23.0 Å². The molecule has 1 heterocycles. The first kappa shape index (κ1) is 15.0. The van der Waals surface area contributed by atoms with Crippen molar-refractivity contribution in [2.75, 3.05) is 0 Å². The maximum Gasteiger partial charge on any atom is 0.132 e. The fourth-order valence-electron chi connectivity index (χ4n) is 2.44. The van der Waals surface area contributed by atoms with Crippen molar-refractivity contribution in [3.63, 3.8) is 0 Å². The van der Waals surface area contributed by atoms with Crippen molar-refractivity contribution in [1.29, 1.82) is 0 Å². The average molecular weight is 310 g/mol. The van der Waals surface area contributed by atoms with Crippen LogP contribution in [0.1, 0.15) is 30.5 Å². The molecule has 0 aromatic heterocycles. The van der Waals surface area contributed by atoms with Crippen LogP contribution in [0.5, 0.6) is 23.0 Å². The zero-order valence-corrected chi connectivity index (χ0v) is 12.9. The van der Waals surface area contributed by atoms with Crippen molar-refractivity contribution in [2.45, 2.75) is 19.4 Å². The Bertz CT molecular complexity index is 816. The third-order valence-electron chi connectivity index (χ3n) is 3.64. The molecule has 0 bridgehead atoms. The third-order valence-corrected chi connectivity index (χ3v) is 3.64. The van der Waals surface area contributed by atoms with E-state index in [4.69, 9.17) is 4.74 Å². The van der Waals surface area contributed by atoms with Crippen LogP contribution in [0.2, 0.25) is 0 Å². The van der Waals surface area contributed by atoms with Gasteiger partial charge in [-0.25, -0.2) is 0 Å². The Morgan fingerprint density at radius 3 is 2.48 bits per heavy atom. The third kappa shape index (κ3) is 3.16. The Morgan fingerprint density at radius 1 is 0.957 bits per heavy atom. The second-order valence-corrected chi connectivity index (χ2v) is 6.07. The Morgan fingerprint density at radius 2 is 1.74 bits per heavy atom. The molecule has 0 amide bonds. The summed E-state index contributed by atoms with van der Waals surface area (Å²) < 4.78 is 5.87. The molecule has 0 saturated carbocycles. The first-order valence-corrected chi connectivity index (χ1v) is 7.29. The molecule has 2 aromatic rings. The Hall–Kier alpha value is -2.88. The van der Waals surface area contributed by atoms with E-state index in [2.05, 4.69) is 0 Å². The highest BCUT2D eigenvalue weighted by Crippen LogP contribution is 2.38. The summed E-state index contributed by atoms with van der Waals surface area (Å²) in [5, 5.41) is 29.2. The zero-order chi connectivity index (χ0) is 16.6. The average Bonchev–Trinajstić information content (AvgIpc) is 2.44. The van der Waals surface area contributed by atoms with Gasteiger partial charge in [0.05, 0.1) is 5.56 Å². The predicted octanol–water partition coefficient (Wildman–Crippen LogP) is 4.16. The van der Waals surface area contributed by atoms with Gasteiger partial charge in [-0.15, -0.1) is 0 Å². The van der Waals surface area contributed by atoms with Crippen molar-refractivity contribution in [2.24, 2.45) is 0 Å². The molecule has 4 nitrogen and oxygen atoms in total. The van der Waals surface area contributed by atoms with Crippen LogP contribution in [-0.4, -0.2) is 20.9 Å². The normalized spacial score (nSPS) is 15.4. The molecule has 4 heteroatoms. The summed E-state index contributed by atoms with van der Waals surface area (Å²) in [4.78, 5) is 0. The van der Waals surface area contributed by atoms with E-state index in [1.165, 1.54) is 12.1 Å². The number of phenols is 3. The Kier molecular flexibility index (Phi) is 3.52. The van der Waals surface area contributed by atoms with Crippen LogP contribution in [0.15, 0.2) is 36.4 Å². The maximum absolute atomic E-state index is 10.1. The molecule has 1 aliphatic heterocycles. The van der Waals surface area contributed by atoms with E-state index in [1.54, 1.807) is 24.3 Å². The summed E-state index contributed by atoms with van der Waals surface area (Å²) in [6, 6.07) is 7.87. The smallest absolute Gasteiger partial charge is 0.132 e. The summed E-state index contributed by atoms with van der Waals surface area (Å²) in [5.41, 5.74) is 1.56. The first-order chi connectivity index (χ1) is 10.8. The number of aromatic hydroxyl groups is 3. The van der Waals surface area contributed by atoms with Gasteiger partial charge in [-0.2, -0.15) is 0 Å². The first-order valence-electron chi connectivity index (χ1n) is 7.29. The molecular formula is C19H18O4. The number of ether oxygens (including phenoxy) is 1. The highest BCUT2D eigenvalue weighted by Gasteiger charge is 2.23. The second-order valence-electron chi connectivity index (χ2n) is 6.07. The monoisotopic (exact) mass is 310 g/mol. The maximum atomic E-state index is 10.1. The number of hydrogen-bond acceptors (Lipinski definition) is 4. The lowest BCUT2D eigenvalue weighted by Gasteiger charge is -2.28. The van der Waals surface area contributed by atoms with Crippen LogP contribution < -0.4 is 4.74 Å². The van der Waals surface area contributed by atoms with Gasteiger partial charge in [0.25, 0.3) is 0 Å². The molecular weight excluding hydrogens is 292 g/mol. The van der Waals surface area contributed by atoms with Crippen LogP contribution >= 0.6 is 0 Å². The molecule has 1 aliphatic rings. The molecule has 0 fully saturated rings. The van der Waals surface area contributed by atoms with E-state index < -0.39 is 5.60 Å². The molecule has 0 radical (unpaired) electrons. The van der Waals surface area contributed by atoms with Crippen molar-refractivity contribution >= 4 is 18.2 Å². The van der Waals surface area contributed by atoms with Gasteiger partial charge in [-0.1, -0.05) is 12.2 Å². The molecule has 2 aromatic carbocycles. The number of phenolic OH excluding ortho intramolecular Hbond substituents is 3. The molecule has 3 rings (SSSR count). The van der Waals surface area contributed by atoms with Gasteiger partial charge in [0, 0.05) is 11.6 Å². The van der Waals surface area contributed by atoms with Gasteiger partial charge >= 0.3 is 0 Å². The number of rotatable bonds is 2. The van der Waals surface area contributed by atoms with Crippen LogP contribution in [0.3, 0.4) is 0 Å². The van der Waals surface area contributed by atoms with Crippen molar-refractivity contribution < 1.29 is 20.1 Å². The topological polar surface area (TPSA) is 69.9 Å². The van der Waals surface area contributed by atoms with E-state index in [9.17, 15) is 15.3 Å². The van der Waals surface area contributed by atoms with Crippen LogP contribution in [0.4, 0.5) is 0 Å². The molecule has 0 spiro atoms. The summed E-state index contributed by atoms with van der Waals surface area (Å²) in [6.45, 7) is 3.89. The molecule has 0 saturated heterocycles. The summed E-state index contributed by atoms with van der Waals surface area (Å²) in [6.07, 6.45) is 7.23. The van der Waals surface area contributed by atoms with Crippen LogP contribution in [0.25, 0.3) is 18.2 Å². The zero-order valence-electron chi connectivity index (χ0n) is 12.9. The van der Waals surface area contributed by atoms with Gasteiger partial charge in [-0.3, -0.25) is 0 Å². The molecule has 118 valence electrons. The van der Waals surface area contributed by atoms with Gasteiger partial charge in [0.15, 0.2) is 0 Å². The van der Waals surface area contributed by atoms with Gasteiger partial charge in [0.1, 0.15) is 28.6 Å². The Balaban J connectivity index is 1.94. The minimum Gasteiger partial charge on any atom is -0.508 e. The summed E-state index contributed by atoms with van der Waals surface area (Å²) in [7, 11) is 0. The minimum atomic E-state index is -0.420. The number of benzene rings is 2. The van der Waals surface area contributed by atoms with Crippen LogP contribution in [-0.2, 0) is 0 Å². The largest absolute Gasteiger partial charge is 0.508 e. The summed E-state index contributed by atoms with van der Waals surface area (Å²) in [5.74, 6) is 0.758. The molecule has 3 N–H and O–H groups in total. The van der Waals surface area contributed by atoms with E-state index in [1.807, 2.05) is 32.1 Å². The lowest BCUT2D eigenvalue weighted by molar-refractivity contribution is 0.158. The van der Waals surface area contributed by atoms with Crippen molar-refractivity contribution in [3.05, 3.63) is 53.1 Å². The second kappa shape index (κ2) is 5.39. The van der Waals surface area contributed by atoms with E-state index >= 15 is 0 Å². The lowest BCUT2D eigenvalue weighted by Crippen LogP contribution is -2.27. The SMILES string of the molecule is CC1(C)C=Cc2c(O)cc(/C=C/c3ccc(O)cc3O)cc2O1. The Labute approximate surface area is 134 Å². The standard InChI is InChI=1S/C19H18O4/c1-19(2)8-7-15-17(22)9-12(10-18(15)23-19)3-4-13-5-6-14(20)11-16(13)21/h3-11,20-22H,1-2H3/b4-3+. The molecule has 0 aliphatic carbocycles. The highest BCUT2D eigenvalue weighted by molar-refractivity contribution is 5.77. The molecule has 0 atom stereocenters. The van der Waals surface area contributed by atoms with E-state index in [-0.39, 0.29) is 17.2 Å². The fourth-order valence-corrected chi connectivity index (χ4v) is 2.44. The van der Waals surface area contributed by atoms with E-state index in [0.717, 1.165) is 5.56 Å². The highest BCUT2D eigenvalue weighted by atomic mass is 16.5. The predicted molar refractivity (Wildman–Crippen MR) is 90.5 cm³/mol. The summed E-state index contributed by atoms with van der Waals surface area (Å²) >= 11 is 0. The van der Waals surface area contributed by atoms with Crippen LogP contribution in [0, 0.1) is 0 Å². The lowest BCUT2D eigenvalue weighted by atomic mass is 10.00.